The molecule has 1 aromatic heterocycles. The summed E-state index contributed by atoms with van der Waals surface area (Å²) in [7, 11) is 4.93. The summed E-state index contributed by atoms with van der Waals surface area (Å²) in [4.78, 5) is 34.9. The number of rotatable bonds is 8. The maximum absolute atomic E-state index is 13.2. The minimum atomic E-state index is -0.515. The number of anilines is 2. The van der Waals surface area contributed by atoms with Crippen LogP contribution in [0.5, 0.6) is 11.5 Å². The number of hydrogen-bond acceptors (Lipinski definition) is 7. The first kappa shape index (κ1) is 28.6. The maximum atomic E-state index is 13.2. The first-order valence-corrected chi connectivity index (χ1v) is 13.0. The average Bonchev–Trinajstić information content (AvgIpc) is 2.94. The third-order valence-electron chi connectivity index (χ3n) is 6.24. The van der Waals surface area contributed by atoms with Crippen LogP contribution in [-0.4, -0.2) is 43.0 Å². The minimum Gasteiger partial charge on any atom is -0.493 e. The molecule has 4 aromatic rings. The molecule has 10 heteroatoms. The Hall–Kier alpha value is -4.37. The molecule has 208 valence electrons. The lowest BCUT2D eigenvalue weighted by molar-refractivity contribution is -0.128. The van der Waals surface area contributed by atoms with E-state index in [2.05, 4.69) is 20.9 Å². The number of nitrogens with zero attached hydrogens (tertiary/aromatic N) is 2. The van der Waals surface area contributed by atoms with Gasteiger partial charge in [-0.05, 0) is 54.1 Å². The molecule has 1 heterocycles. The molecule has 3 aromatic carbocycles. The van der Waals surface area contributed by atoms with Gasteiger partial charge in [0.1, 0.15) is 5.82 Å². The quantitative estimate of drug-likeness (QED) is 0.244. The molecule has 9 nitrogen and oxygen atoms in total. The van der Waals surface area contributed by atoms with Crippen LogP contribution in [0.1, 0.15) is 36.7 Å². The molecule has 0 unspecified atom stereocenters. The molecule has 0 saturated heterocycles. The van der Waals surface area contributed by atoms with Crippen LogP contribution in [0, 0.1) is 5.41 Å². The maximum Gasteiger partial charge on any atom is 0.257 e. The highest BCUT2D eigenvalue weighted by Crippen LogP contribution is 2.33. The van der Waals surface area contributed by atoms with Gasteiger partial charge in [0.15, 0.2) is 17.3 Å². The highest BCUT2D eigenvalue weighted by atomic mass is 35.5. The molecular formula is C30H32ClN5O4. The van der Waals surface area contributed by atoms with Gasteiger partial charge in [-0.3, -0.25) is 9.59 Å². The van der Waals surface area contributed by atoms with E-state index in [1.54, 1.807) is 57.7 Å². The number of benzene rings is 3. The molecule has 0 fully saturated rings. The number of fused-ring (bicyclic) bond motifs is 1. The standard InChI is InChI=1S/C30H32ClN5O4/c1-30(2,3)29(38)33-16-17-7-11-22(31)21(13-17)28(37)34-19-9-10-20-23(15-19)35-26(36-27(20)32-4)18-8-12-24(39-5)25(14-18)40-6/h7-15H,16H2,1-6H3,(H,33,38)(H,34,37)(H,32,35,36). The average molecular weight is 562 g/mol. The van der Waals surface area contributed by atoms with Gasteiger partial charge < -0.3 is 25.4 Å². The third-order valence-corrected chi connectivity index (χ3v) is 6.57. The van der Waals surface area contributed by atoms with Crippen molar-refractivity contribution in [2.75, 3.05) is 31.9 Å². The normalized spacial score (nSPS) is 11.2. The monoisotopic (exact) mass is 561 g/mol. The Morgan fingerprint density at radius 1 is 0.925 bits per heavy atom. The number of methoxy groups -OCH3 is 2. The fourth-order valence-corrected chi connectivity index (χ4v) is 4.21. The lowest BCUT2D eigenvalue weighted by Crippen LogP contribution is -2.34. The molecule has 2 amide bonds. The zero-order chi connectivity index (χ0) is 29.0. The first-order valence-electron chi connectivity index (χ1n) is 12.6. The smallest absolute Gasteiger partial charge is 0.257 e. The number of aromatic nitrogens is 2. The summed E-state index contributed by atoms with van der Waals surface area (Å²) in [5.41, 5.74) is 2.46. The number of hydrogen-bond donors (Lipinski definition) is 3. The van der Waals surface area contributed by atoms with Crippen LogP contribution in [0.4, 0.5) is 11.5 Å². The van der Waals surface area contributed by atoms with Gasteiger partial charge >= 0.3 is 0 Å². The van der Waals surface area contributed by atoms with E-state index in [-0.39, 0.29) is 18.4 Å². The number of amides is 2. The first-order chi connectivity index (χ1) is 19.0. The Bertz CT molecular complexity index is 1580. The van der Waals surface area contributed by atoms with Crippen molar-refractivity contribution in [1.29, 1.82) is 0 Å². The van der Waals surface area contributed by atoms with Gasteiger partial charge in [-0.1, -0.05) is 38.4 Å². The predicted molar refractivity (Wildman–Crippen MR) is 158 cm³/mol. The van der Waals surface area contributed by atoms with Crippen LogP contribution in [0.25, 0.3) is 22.3 Å². The van der Waals surface area contributed by atoms with Gasteiger partial charge in [0.2, 0.25) is 5.91 Å². The molecule has 0 radical (unpaired) electrons. The summed E-state index contributed by atoms with van der Waals surface area (Å²) < 4.78 is 10.8. The third kappa shape index (κ3) is 6.26. The topological polar surface area (TPSA) is 114 Å². The fraction of sp³-hybridized carbons (Fsp3) is 0.267. The number of ether oxygens (including phenoxy) is 2. The van der Waals surface area contributed by atoms with E-state index >= 15 is 0 Å². The highest BCUT2D eigenvalue weighted by Gasteiger charge is 2.21. The van der Waals surface area contributed by atoms with E-state index in [0.29, 0.717) is 44.9 Å². The highest BCUT2D eigenvalue weighted by molar-refractivity contribution is 6.34. The zero-order valence-electron chi connectivity index (χ0n) is 23.3. The van der Waals surface area contributed by atoms with Crippen molar-refractivity contribution in [3.05, 3.63) is 70.7 Å². The molecule has 0 bridgehead atoms. The largest absolute Gasteiger partial charge is 0.493 e. The summed E-state index contributed by atoms with van der Waals surface area (Å²) >= 11 is 6.37. The van der Waals surface area contributed by atoms with Gasteiger partial charge in [0, 0.05) is 35.6 Å². The van der Waals surface area contributed by atoms with Crippen LogP contribution in [0.15, 0.2) is 54.6 Å². The van der Waals surface area contributed by atoms with Crippen molar-refractivity contribution in [2.24, 2.45) is 5.41 Å². The molecule has 0 atom stereocenters. The van der Waals surface area contributed by atoms with E-state index in [1.165, 1.54) is 0 Å². The molecule has 40 heavy (non-hydrogen) atoms. The van der Waals surface area contributed by atoms with Crippen LogP contribution in [0.2, 0.25) is 5.02 Å². The SMILES string of the molecule is CNc1nc(-c2ccc(OC)c(OC)c2)nc2cc(NC(=O)c3cc(CNC(=O)C(C)(C)C)ccc3Cl)ccc12. The number of carbonyl (C=O) groups is 2. The van der Waals surface area contributed by atoms with Gasteiger partial charge in [-0.2, -0.15) is 0 Å². The number of carbonyl (C=O) groups excluding carboxylic acids is 2. The minimum absolute atomic E-state index is 0.0833. The Balaban J connectivity index is 1.62. The van der Waals surface area contributed by atoms with Crippen molar-refractivity contribution in [3.63, 3.8) is 0 Å². The molecule has 0 aliphatic heterocycles. The van der Waals surface area contributed by atoms with E-state index in [9.17, 15) is 9.59 Å². The van der Waals surface area contributed by atoms with Crippen molar-refractivity contribution in [2.45, 2.75) is 27.3 Å². The molecule has 0 aliphatic rings. The molecule has 0 saturated carbocycles. The Morgan fingerprint density at radius 3 is 2.35 bits per heavy atom. The molecule has 0 aliphatic carbocycles. The van der Waals surface area contributed by atoms with Gasteiger partial charge in [0.25, 0.3) is 5.91 Å². The summed E-state index contributed by atoms with van der Waals surface area (Å²) in [5.74, 6) is 1.82. The number of halogens is 1. The van der Waals surface area contributed by atoms with Crippen LogP contribution in [0.3, 0.4) is 0 Å². The van der Waals surface area contributed by atoms with E-state index in [1.807, 2.05) is 39.0 Å². The Kier molecular flexibility index (Phi) is 8.44. The number of nitrogens with one attached hydrogen (secondary N) is 3. The fourth-order valence-electron chi connectivity index (χ4n) is 4.00. The van der Waals surface area contributed by atoms with Crippen molar-refractivity contribution < 1.29 is 19.1 Å². The summed E-state index contributed by atoms with van der Waals surface area (Å²) in [6.45, 7) is 5.81. The van der Waals surface area contributed by atoms with Crippen molar-refractivity contribution in [3.8, 4) is 22.9 Å². The van der Waals surface area contributed by atoms with Gasteiger partial charge in [0.05, 0.1) is 30.3 Å². The second-order valence-electron chi connectivity index (χ2n) is 10.1. The summed E-state index contributed by atoms with van der Waals surface area (Å²) in [5, 5.41) is 10.0. The molecular weight excluding hydrogens is 530 g/mol. The van der Waals surface area contributed by atoms with Crippen molar-refractivity contribution >= 4 is 45.8 Å². The lowest BCUT2D eigenvalue weighted by Gasteiger charge is -2.18. The van der Waals surface area contributed by atoms with Gasteiger partial charge in [-0.15, -0.1) is 0 Å². The Morgan fingerprint density at radius 2 is 1.68 bits per heavy atom. The predicted octanol–water partition coefficient (Wildman–Crippen LogP) is 5.92. The van der Waals surface area contributed by atoms with Gasteiger partial charge in [-0.25, -0.2) is 9.97 Å². The van der Waals surface area contributed by atoms with Crippen molar-refractivity contribution in [1.82, 2.24) is 15.3 Å². The van der Waals surface area contributed by atoms with E-state index in [4.69, 9.17) is 26.1 Å². The molecule has 4 rings (SSSR count). The lowest BCUT2D eigenvalue weighted by atomic mass is 9.95. The van der Waals surface area contributed by atoms with Crippen LogP contribution in [-0.2, 0) is 11.3 Å². The van der Waals surface area contributed by atoms with Crippen LogP contribution >= 0.6 is 11.6 Å². The second kappa shape index (κ2) is 11.8. The summed E-state index contributed by atoms with van der Waals surface area (Å²) in [6, 6.07) is 16.0. The van der Waals surface area contributed by atoms with E-state index < -0.39 is 5.41 Å². The second-order valence-corrected chi connectivity index (χ2v) is 10.6. The van der Waals surface area contributed by atoms with E-state index in [0.717, 1.165) is 16.5 Å². The summed E-state index contributed by atoms with van der Waals surface area (Å²) in [6.07, 6.45) is 0. The van der Waals surface area contributed by atoms with Crippen LogP contribution < -0.4 is 25.4 Å². The zero-order valence-corrected chi connectivity index (χ0v) is 24.1. The molecule has 0 spiro atoms. The molecule has 3 N–H and O–H groups in total. The Labute approximate surface area is 238 Å².